The van der Waals surface area contributed by atoms with E-state index in [0.717, 1.165) is 5.56 Å². The highest BCUT2D eigenvalue weighted by Gasteiger charge is 2.30. The fourth-order valence-corrected chi connectivity index (χ4v) is 2.94. The van der Waals surface area contributed by atoms with E-state index in [1.54, 1.807) is 19.1 Å². The van der Waals surface area contributed by atoms with Gasteiger partial charge in [0.2, 0.25) is 17.7 Å². The first-order valence-corrected chi connectivity index (χ1v) is 10.5. The van der Waals surface area contributed by atoms with E-state index < -0.39 is 48.4 Å². The van der Waals surface area contributed by atoms with Crippen LogP contribution < -0.4 is 21.7 Å². The van der Waals surface area contributed by atoms with Gasteiger partial charge >= 0.3 is 5.97 Å². The van der Waals surface area contributed by atoms with Crippen molar-refractivity contribution in [1.82, 2.24) is 16.0 Å². The van der Waals surface area contributed by atoms with Gasteiger partial charge in [-0.15, -0.1) is 0 Å². The van der Waals surface area contributed by atoms with Crippen LogP contribution in [0.25, 0.3) is 0 Å². The van der Waals surface area contributed by atoms with E-state index in [0.29, 0.717) is 6.42 Å². The summed E-state index contributed by atoms with van der Waals surface area (Å²) >= 11 is 4.10. The minimum absolute atomic E-state index is 0.0343. The van der Waals surface area contributed by atoms with Crippen LogP contribution in [0, 0.1) is 5.92 Å². The summed E-state index contributed by atoms with van der Waals surface area (Å²) in [7, 11) is 0. The second-order valence-electron chi connectivity index (χ2n) is 7.20. The fraction of sp³-hybridized carbons (Fsp3) is 0.500. The van der Waals surface area contributed by atoms with Gasteiger partial charge in [0, 0.05) is 5.75 Å². The number of aliphatic carboxylic acids is 1. The number of nitrogens with one attached hydrogen (secondary N) is 3. The highest BCUT2D eigenvalue weighted by Crippen LogP contribution is 2.11. The van der Waals surface area contributed by atoms with E-state index in [9.17, 15) is 24.3 Å². The lowest BCUT2D eigenvalue weighted by Crippen LogP contribution is -2.58. The van der Waals surface area contributed by atoms with Crippen molar-refractivity contribution in [2.45, 2.75) is 44.8 Å². The van der Waals surface area contributed by atoms with Gasteiger partial charge in [0.1, 0.15) is 24.4 Å². The molecule has 0 aliphatic carbocycles. The number of nitrogens with two attached hydrogens (primary N) is 1. The second-order valence-corrected chi connectivity index (χ2v) is 7.57. The molecule has 0 aliphatic rings. The van der Waals surface area contributed by atoms with E-state index >= 15 is 0 Å². The molecule has 11 heteroatoms. The zero-order valence-electron chi connectivity index (χ0n) is 17.5. The molecule has 10 nitrogen and oxygen atoms in total. The first-order chi connectivity index (χ1) is 14.6. The Balaban J connectivity index is 2.75. The number of aromatic hydroxyl groups is 1. The predicted molar refractivity (Wildman–Crippen MR) is 118 cm³/mol. The molecule has 4 atom stereocenters. The molecule has 0 aromatic heterocycles. The lowest BCUT2D eigenvalue weighted by atomic mass is 9.98. The molecular formula is C20H30N4O6S. The van der Waals surface area contributed by atoms with Gasteiger partial charge in [-0.2, -0.15) is 12.6 Å². The summed E-state index contributed by atoms with van der Waals surface area (Å²) in [4.78, 5) is 48.1. The zero-order valence-corrected chi connectivity index (χ0v) is 18.4. The van der Waals surface area contributed by atoms with E-state index in [1.165, 1.54) is 12.1 Å². The second kappa shape index (κ2) is 12.8. The Morgan fingerprint density at radius 1 is 1.06 bits per heavy atom. The maximum absolute atomic E-state index is 12.7. The number of rotatable bonds is 12. The molecule has 0 radical (unpaired) electrons. The number of benzene rings is 1. The SMILES string of the molecule is CCC(C)C(NC(=O)C(CS)NC(=O)C(N)Cc1ccc(O)cc1)C(=O)NCC(=O)O. The quantitative estimate of drug-likeness (QED) is 0.207. The zero-order chi connectivity index (χ0) is 23.6. The normalized spacial score (nSPS) is 14.6. The number of carbonyl (C=O) groups is 4. The van der Waals surface area contributed by atoms with Crippen LogP contribution in [-0.2, 0) is 25.6 Å². The van der Waals surface area contributed by atoms with Crippen LogP contribution >= 0.6 is 12.6 Å². The Morgan fingerprint density at radius 3 is 2.19 bits per heavy atom. The largest absolute Gasteiger partial charge is 0.508 e. The molecule has 0 bridgehead atoms. The van der Waals surface area contributed by atoms with Crippen LogP contribution in [0.4, 0.5) is 0 Å². The summed E-state index contributed by atoms with van der Waals surface area (Å²) in [5.41, 5.74) is 6.66. The molecule has 1 aromatic carbocycles. The summed E-state index contributed by atoms with van der Waals surface area (Å²) in [5, 5.41) is 25.4. The molecule has 0 saturated carbocycles. The van der Waals surface area contributed by atoms with Gasteiger partial charge in [0.05, 0.1) is 6.04 Å². The Morgan fingerprint density at radius 2 is 1.68 bits per heavy atom. The number of hydrogen-bond acceptors (Lipinski definition) is 7. The standard InChI is InChI=1S/C20H30N4O6S/c1-3-11(2)17(20(30)22-9-16(26)27)24-19(29)15(10-31)23-18(28)14(21)8-12-4-6-13(25)7-5-12/h4-7,11,14-15,17,25,31H,3,8-10,21H2,1-2H3,(H,22,30)(H,23,28)(H,24,29)(H,26,27). The van der Waals surface area contributed by atoms with Gasteiger partial charge in [-0.3, -0.25) is 19.2 Å². The van der Waals surface area contributed by atoms with Gasteiger partial charge in [0.15, 0.2) is 0 Å². The smallest absolute Gasteiger partial charge is 0.322 e. The van der Waals surface area contributed by atoms with Crippen LogP contribution in [0.3, 0.4) is 0 Å². The number of carboxylic acid groups (broad SMARTS) is 1. The van der Waals surface area contributed by atoms with E-state index in [2.05, 4.69) is 28.6 Å². The summed E-state index contributed by atoms with van der Waals surface area (Å²) < 4.78 is 0. The Kier molecular flexibility index (Phi) is 10.8. The van der Waals surface area contributed by atoms with Gasteiger partial charge in [-0.05, 0) is 30.0 Å². The highest BCUT2D eigenvalue weighted by atomic mass is 32.1. The summed E-state index contributed by atoms with van der Waals surface area (Å²) in [6, 6.07) is 3.28. The number of carboxylic acids is 1. The van der Waals surface area contributed by atoms with Crippen molar-refractivity contribution in [3.05, 3.63) is 29.8 Å². The molecule has 0 spiro atoms. The maximum atomic E-state index is 12.7. The molecule has 0 saturated heterocycles. The highest BCUT2D eigenvalue weighted by molar-refractivity contribution is 7.80. The topological polar surface area (TPSA) is 171 Å². The lowest BCUT2D eigenvalue weighted by Gasteiger charge is -2.26. The number of hydrogen-bond donors (Lipinski definition) is 7. The number of thiol groups is 1. The van der Waals surface area contributed by atoms with E-state index in [4.69, 9.17) is 10.8 Å². The molecular weight excluding hydrogens is 424 g/mol. The average molecular weight is 455 g/mol. The summed E-state index contributed by atoms with van der Waals surface area (Å²) in [6.45, 7) is 3.00. The maximum Gasteiger partial charge on any atom is 0.322 e. The van der Waals surface area contributed by atoms with E-state index in [-0.39, 0.29) is 23.8 Å². The average Bonchev–Trinajstić information content (AvgIpc) is 2.74. The number of amides is 3. The van der Waals surface area contributed by atoms with Crippen LogP contribution in [0.2, 0.25) is 0 Å². The molecule has 31 heavy (non-hydrogen) atoms. The third kappa shape index (κ3) is 8.85. The first-order valence-electron chi connectivity index (χ1n) is 9.83. The van der Waals surface area contributed by atoms with Crippen molar-refractivity contribution in [3.63, 3.8) is 0 Å². The number of carbonyl (C=O) groups excluding carboxylic acids is 3. The van der Waals surface area contributed by atoms with Crippen LogP contribution in [-0.4, -0.2) is 64.3 Å². The van der Waals surface area contributed by atoms with Gasteiger partial charge < -0.3 is 31.9 Å². The van der Waals surface area contributed by atoms with Crippen molar-refractivity contribution in [2.24, 2.45) is 11.7 Å². The molecule has 0 heterocycles. The molecule has 1 aromatic rings. The molecule has 7 N–H and O–H groups in total. The van der Waals surface area contributed by atoms with Crippen LogP contribution in [0.15, 0.2) is 24.3 Å². The van der Waals surface area contributed by atoms with Crippen molar-refractivity contribution >= 4 is 36.3 Å². The van der Waals surface area contributed by atoms with Crippen molar-refractivity contribution in [3.8, 4) is 5.75 Å². The molecule has 0 fully saturated rings. The fourth-order valence-electron chi connectivity index (χ4n) is 2.68. The predicted octanol–water partition coefficient (Wildman–Crippen LogP) is -0.592. The number of phenols is 1. The molecule has 172 valence electrons. The Bertz CT molecular complexity index is 773. The van der Waals surface area contributed by atoms with Gasteiger partial charge in [0.25, 0.3) is 0 Å². The molecule has 4 unspecified atom stereocenters. The minimum atomic E-state index is -1.20. The molecule has 3 amide bonds. The van der Waals surface area contributed by atoms with Crippen molar-refractivity contribution in [2.75, 3.05) is 12.3 Å². The monoisotopic (exact) mass is 454 g/mol. The van der Waals surface area contributed by atoms with Crippen molar-refractivity contribution < 1.29 is 29.4 Å². The third-order valence-corrected chi connectivity index (χ3v) is 5.12. The first kappa shape index (κ1) is 26.2. The molecule has 0 aliphatic heterocycles. The minimum Gasteiger partial charge on any atom is -0.508 e. The van der Waals surface area contributed by atoms with Gasteiger partial charge in [-0.1, -0.05) is 32.4 Å². The van der Waals surface area contributed by atoms with Gasteiger partial charge in [-0.25, -0.2) is 0 Å². The number of phenolic OH excluding ortho intramolecular Hbond substituents is 1. The Labute approximate surface area is 186 Å². The Hall–Kier alpha value is -2.79. The summed E-state index contributed by atoms with van der Waals surface area (Å²) in [5.74, 6) is -3.24. The van der Waals surface area contributed by atoms with Crippen molar-refractivity contribution in [1.29, 1.82) is 0 Å². The summed E-state index contributed by atoms with van der Waals surface area (Å²) in [6.07, 6.45) is 0.751. The van der Waals surface area contributed by atoms with Crippen LogP contribution in [0.5, 0.6) is 5.75 Å². The lowest BCUT2D eigenvalue weighted by molar-refractivity contribution is -0.139. The van der Waals surface area contributed by atoms with Crippen LogP contribution in [0.1, 0.15) is 25.8 Å². The van der Waals surface area contributed by atoms with E-state index in [1.807, 2.05) is 6.92 Å². The third-order valence-electron chi connectivity index (χ3n) is 4.75. The molecule has 1 rings (SSSR count).